The number of aromatic nitrogens is 3. The molecule has 0 bridgehead atoms. The number of aliphatic hydroxyl groups is 3. The molecule has 4 unspecified atom stereocenters. The molecule has 3 aromatic rings. The van der Waals surface area contributed by atoms with E-state index in [0.29, 0.717) is 59.8 Å². The molecule has 4 rings (SSSR count). The van der Waals surface area contributed by atoms with E-state index in [1.54, 1.807) is 26.5 Å². The number of nitrogens with zero attached hydrogens (tertiary/aromatic N) is 3. The number of methoxy groups -OCH3 is 2. The van der Waals surface area contributed by atoms with Gasteiger partial charge < -0.3 is 39.8 Å². The summed E-state index contributed by atoms with van der Waals surface area (Å²) in [6.45, 7) is 2.62. The standard InChI is InChI=1S/C22H29N5O6/c1-11-18(15-7-12-8-17(32-3)24-9-16(12)33-15)21(27-22(25-11)23-4-5-31-2)26-14-6-13(10-28)19(29)20(14)30/h7-9,13-14,19-20,28-30H,4-6,10H2,1-3H3,(H2,23,25,26,27). The Bertz CT molecular complexity index is 1110. The molecule has 0 spiro atoms. The van der Waals surface area contributed by atoms with Crippen molar-refractivity contribution >= 4 is 22.7 Å². The molecule has 0 aliphatic heterocycles. The van der Waals surface area contributed by atoms with Gasteiger partial charge in [-0.2, -0.15) is 4.98 Å². The Balaban J connectivity index is 1.74. The normalized spacial score (nSPS) is 22.6. The number of ether oxygens (including phenoxy) is 2. The van der Waals surface area contributed by atoms with Gasteiger partial charge in [0.15, 0.2) is 5.58 Å². The lowest BCUT2D eigenvalue weighted by Crippen LogP contribution is -2.35. The van der Waals surface area contributed by atoms with Crippen LogP contribution in [-0.4, -0.2) is 82.5 Å². The number of nitrogens with one attached hydrogen (secondary N) is 2. The van der Waals surface area contributed by atoms with E-state index in [0.717, 1.165) is 5.39 Å². The number of hydrogen-bond donors (Lipinski definition) is 5. The third-order valence-electron chi connectivity index (χ3n) is 5.87. The van der Waals surface area contributed by atoms with Crippen molar-refractivity contribution < 1.29 is 29.2 Å². The number of rotatable bonds is 9. The van der Waals surface area contributed by atoms with Gasteiger partial charge in [-0.25, -0.2) is 9.97 Å². The summed E-state index contributed by atoms with van der Waals surface area (Å²) in [5, 5.41) is 37.5. The minimum absolute atomic E-state index is 0.214. The highest BCUT2D eigenvalue weighted by molar-refractivity contribution is 5.86. The van der Waals surface area contributed by atoms with E-state index in [-0.39, 0.29) is 6.61 Å². The quantitative estimate of drug-likeness (QED) is 0.293. The fourth-order valence-corrected chi connectivity index (χ4v) is 4.10. The minimum atomic E-state index is -1.06. The number of hydrogen-bond acceptors (Lipinski definition) is 11. The zero-order valence-electron chi connectivity index (χ0n) is 18.8. The number of pyridine rings is 1. The monoisotopic (exact) mass is 459 g/mol. The van der Waals surface area contributed by atoms with Gasteiger partial charge in [0.2, 0.25) is 11.8 Å². The van der Waals surface area contributed by atoms with Gasteiger partial charge in [-0.3, -0.25) is 0 Å². The van der Waals surface area contributed by atoms with Crippen LogP contribution in [0.1, 0.15) is 12.1 Å². The van der Waals surface area contributed by atoms with Crippen molar-refractivity contribution in [2.75, 3.05) is 44.6 Å². The highest BCUT2D eigenvalue weighted by Gasteiger charge is 2.41. The summed E-state index contributed by atoms with van der Waals surface area (Å²) in [5.74, 6) is 1.40. The van der Waals surface area contributed by atoms with Crippen molar-refractivity contribution in [2.45, 2.75) is 31.6 Å². The highest BCUT2D eigenvalue weighted by Crippen LogP contribution is 2.37. The molecule has 1 aliphatic carbocycles. The maximum Gasteiger partial charge on any atom is 0.224 e. The van der Waals surface area contributed by atoms with Crippen molar-refractivity contribution in [1.82, 2.24) is 15.0 Å². The summed E-state index contributed by atoms with van der Waals surface area (Å²) in [7, 11) is 3.16. The van der Waals surface area contributed by atoms with E-state index in [2.05, 4.69) is 25.6 Å². The van der Waals surface area contributed by atoms with Gasteiger partial charge in [0, 0.05) is 37.6 Å². The van der Waals surface area contributed by atoms with Crippen molar-refractivity contribution in [3.05, 3.63) is 24.0 Å². The molecule has 5 N–H and O–H groups in total. The van der Waals surface area contributed by atoms with Crippen molar-refractivity contribution in [2.24, 2.45) is 5.92 Å². The van der Waals surface area contributed by atoms with Crippen LogP contribution in [0.4, 0.5) is 11.8 Å². The summed E-state index contributed by atoms with van der Waals surface area (Å²) in [6, 6.07) is 3.11. The molecular formula is C22H29N5O6. The van der Waals surface area contributed by atoms with Crippen LogP contribution in [0.2, 0.25) is 0 Å². The maximum atomic E-state index is 10.5. The molecule has 0 saturated heterocycles. The molecule has 11 nitrogen and oxygen atoms in total. The number of aliphatic hydroxyl groups excluding tert-OH is 3. The van der Waals surface area contributed by atoms with E-state index in [9.17, 15) is 15.3 Å². The molecule has 1 fully saturated rings. The van der Waals surface area contributed by atoms with Crippen molar-refractivity contribution in [3.63, 3.8) is 0 Å². The third-order valence-corrected chi connectivity index (χ3v) is 5.87. The van der Waals surface area contributed by atoms with Crippen LogP contribution < -0.4 is 15.4 Å². The molecule has 1 saturated carbocycles. The average molecular weight is 460 g/mol. The minimum Gasteiger partial charge on any atom is -0.481 e. The highest BCUT2D eigenvalue weighted by atomic mass is 16.5. The van der Waals surface area contributed by atoms with E-state index < -0.39 is 24.2 Å². The molecule has 0 radical (unpaired) electrons. The Morgan fingerprint density at radius 2 is 2.00 bits per heavy atom. The van der Waals surface area contributed by atoms with E-state index >= 15 is 0 Å². The SMILES string of the molecule is COCCNc1nc(C)c(-c2cc3cc(OC)ncc3o2)c(NC2CC(CO)C(O)C2O)n1. The van der Waals surface area contributed by atoms with Gasteiger partial charge >= 0.3 is 0 Å². The average Bonchev–Trinajstić information content (AvgIpc) is 3.34. The van der Waals surface area contributed by atoms with Crippen LogP contribution >= 0.6 is 0 Å². The summed E-state index contributed by atoms with van der Waals surface area (Å²) in [5.41, 5.74) is 1.85. The fraction of sp³-hybridized carbons (Fsp3) is 0.500. The maximum absolute atomic E-state index is 10.5. The van der Waals surface area contributed by atoms with Gasteiger partial charge in [-0.15, -0.1) is 0 Å². The van der Waals surface area contributed by atoms with Gasteiger partial charge in [-0.1, -0.05) is 0 Å². The van der Waals surface area contributed by atoms with Gasteiger partial charge in [0.25, 0.3) is 0 Å². The van der Waals surface area contributed by atoms with Crippen LogP contribution in [0.15, 0.2) is 22.7 Å². The molecule has 1 aliphatic rings. The Morgan fingerprint density at radius 1 is 1.18 bits per heavy atom. The molecule has 178 valence electrons. The predicted octanol–water partition coefficient (Wildman–Crippen LogP) is 1.17. The van der Waals surface area contributed by atoms with Crippen LogP contribution in [0.3, 0.4) is 0 Å². The molecule has 4 atom stereocenters. The first kappa shape index (κ1) is 23.2. The Kier molecular flexibility index (Phi) is 6.94. The first-order valence-electron chi connectivity index (χ1n) is 10.7. The molecular weight excluding hydrogens is 430 g/mol. The fourth-order valence-electron chi connectivity index (χ4n) is 4.10. The Hall–Kier alpha value is -2.99. The number of fused-ring (bicyclic) bond motifs is 1. The lowest BCUT2D eigenvalue weighted by Gasteiger charge is -2.21. The van der Waals surface area contributed by atoms with Crippen LogP contribution in [-0.2, 0) is 4.74 Å². The van der Waals surface area contributed by atoms with Crippen LogP contribution in [0.5, 0.6) is 5.88 Å². The molecule has 0 aromatic carbocycles. The number of aryl methyl sites for hydroxylation is 1. The zero-order valence-corrected chi connectivity index (χ0v) is 18.8. The van der Waals surface area contributed by atoms with Gasteiger partial charge in [0.05, 0.1) is 43.3 Å². The second kappa shape index (κ2) is 9.87. The second-order valence-electron chi connectivity index (χ2n) is 8.06. The van der Waals surface area contributed by atoms with E-state index in [4.69, 9.17) is 13.9 Å². The van der Waals surface area contributed by atoms with Crippen molar-refractivity contribution in [3.8, 4) is 17.2 Å². The topological polar surface area (TPSA) is 155 Å². The number of furan rings is 1. The largest absolute Gasteiger partial charge is 0.481 e. The predicted molar refractivity (Wildman–Crippen MR) is 121 cm³/mol. The summed E-state index contributed by atoms with van der Waals surface area (Å²) < 4.78 is 16.3. The lowest BCUT2D eigenvalue weighted by molar-refractivity contribution is 0.00446. The van der Waals surface area contributed by atoms with Gasteiger partial charge in [-0.05, 0) is 19.4 Å². The smallest absolute Gasteiger partial charge is 0.224 e. The summed E-state index contributed by atoms with van der Waals surface area (Å²) in [4.78, 5) is 13.4. The molecule has 11 heteroatoms. The van der Waals surface area contributed by atoms with Crippen LogP contribution in [0, 0.1) is 12.8 Å². The Labute approximate surface area is 190 Å². The summed E-state index contributed by atoms with van der Waals surface area (Å²) >= 11 is 0. The van der Waals surface area contributed by atoms with Crippen molar-refractivity contribution in [1.29, 1.82) is 0 Å². The van der Waals surface area contributed by atoms with E-state index in [1.807, 2.05) is 13.0 Å². The first-order valence-corrected chi connectivity index (χ1v) is 10.7. The van der Waals surface area contributed by atoms with Gasteiger partial charge in [0.1, 0.15) is 17.7 Å². The molecule has 3 heterocycles. The lowest BCUT2D eigenvalue weighted by atomic mass is 10.1. The first-order chi connectivity index (χ1) is 15.9. The second-order valence-corrected chi connectivity index (χ2v) is 8.06. The zero-order chi connectivity index (χ0) is 23.5. The molecule has 33 heavy (non-hydrogen) atoms. The van der Waals surface area contributed by atoms with Crippen LogP contribution in [0.25, 0.3) is 22.3 Å². The third kappa shape index (κ3) is 4.71. The van der Waals surface area contributed by atoms with E-state index in [1.165, 1.54) is 0 Å². The molecule has 0 amide bonds. The number of anilines is 2. The molecule has 3 aromatic heterocycles. The Morgan fingerprint density at radius 3 is 2.70 bits per heavy atom. The summed E-state index contributed by atoms with van der Waals surface area (Å²) in [6.07, 6.45) is -0.109.